The van der Waals surface area contributed by atoms with Crippen molar-refractivity contribution in [3.63, 3.8) is 0 Å². The van der Waals surface area contributed by atoms with E-state index in [2.05, 4.69) is 15.6 Å². The van der Waals surface area contributed by atoms with Crippen LogP contribution in [0.15, 0.2) is 48.5 Å². The Hall–Kier alpha value is -2.11. The maximum absolute atomic E-state index is 12.1. The fraction of sp³-hybridized carbons (Fsp3) is 0.125. The average Bonchev–Trinajstić information content (AvgIpc) is 2.89. The van der Waals surface area contributed by atoms with E-state index in [1.165, 1.54) is 11.3 Å². The average molecular weight is 332 g/mol. The molecular weight excluding hydrogens is 318 g/mol. The molecule has 1 unspecified atom stereocenters. The van der Waals surface area contributed by atoms with Crippen LogP contribution in [0.1, 0.15) is 18.5 Å². The lowest BCUT2D eigenvalue weighted by atomic mass is 10.1. The summed E-state index contributed by atoms with van der Waals surface area (Å²) in [6.45, 7) is 1.92. The van der Waals surface area contributed by atoms with Crippen molar-refractivity contribution in [2.75, 3.05) is 5.32 Å². The highest BCUT2D eigenvalue weighted by Gasteiger charge is 2.11. The van der Waals surface area contributed by atoms with E-state index >= 15 is 0 Å². The molecule has 6 heteroatoms. The largest absolute Gasteiger partial charge is 0.331 e. The van der Waals surface area contributed by atoms with Crippen molar-refractivity contribution in [2.45, 2.75) is 13.0 Å². The second kappa shape index (κ2) is 6.34. The zero-order valence-corrected chi connectivity index (χ0v) is 13.4. The highest BCUT2D eigenvalue weighted by molar-refractivity contribution is 7.22. The Labute approximate surface area is 137 Å². The number of nitrogens with one attached hydrogen (secondary N) is 2. The summed E-state index contributed by atoms with van der Waals surface area (Å²) in [5.41, 5.74) is 1.87. The number of amides is 2. The van der Waals surface area contributed by atoms with Gasteiger partial charge in [-0.1, -0.05) is 47.2 Å². The third kappa shape index (κ3) is 3.37. The number of halogens is 1. The minimum atomic E-state index is -0.276. The van der Waals surface area contributed by atoms with E-state index in [0.29, 0.717) is 10.2 Å². The summed E-state index contributed by atoms with van der Waals surface area (Å²) < 4.78 is 1.04. The van der Waals surface area contributed by atoms with Crippen LogP contribution in [0.4, 0.5) is 9.93 Å². The summed E-state index contributed by atoms with van der Waals surface area (Å²) in [6.07, 6.45) is 0. The number of urea groups is 1. The quantitative estimate of drug-likeness (QED) is 0.722. The molecule has 1 atom stereocenters. The van der Waals surface area contributed by atoms with Gasteiger partial charge in [0.15, 0.2) is 5.13 Å². The molecule has 0 aliphatic rings. The Balaban J connectivity index is 1.65. The summed E-state index contributed by atoms with van der Waals surface area (Å²) >= 11 is 7.31. The molecule has 0 aliphatic heterocycles. The number of rotatable bonds is 3. The normalized spacial score (nSPS) is 12.1. The summed E-state index contributed by atoms with van der Waals surface area (Å²) in [4.78, 5) is 16.4. The summed E-state index contributed by atoms with van der Waals surface area (Å²) in [5.74, 6) is 0. The fourth-order valence-electron chi connectivity index (χ4n) is 2.09. The Morgan fingerprint density at radius 2 is 1.91 bits per heavy atom. The van der Waals surface area contributed by atoms with E-state index < -0.39 is 0 Å². The maximum atomic E-state index is 12.1. The predicted octanol–water partition coefficient (Wildman–Crippen LogP) is 4.83. The van der Waals surface area contributed by atoms with Crippen molar-refractivity contribution < 1.29 is 4.79 Å². The van der Waals surface area contributed by atoms with Crippen molar-refractivity contribution in [3.8, 4) is 0 Å². The highest BCUT2D eigenvalue weighted by Crippen LogP contribution is 2.25. The molecule has 3 aromatic rings. The van der Waals surface area contributed by atoms with E-state index in [1.54, 1.807) is 12.1 Å². The maximum Gasteiger partial charge on any atom is 0.321 e. The molecule has 0 radical (unpaired) electrons. The second-order valence-electron chi connectivity index (χ2n) is 4.86. The van der Waals surface area contributed by atoms with Gasteiger partial charge >= 0.3 is 6.03 Å². The SMILES string of the molecule is CC(NC(=O)Nc1nc2ccccc2s1)c1ccc(Cl)cc1. The van der Waals surface area contributed by atoms with Gasteiger partial charge in [0.1, 0.15) is 0 Å². The van der Waals surface area contributed by atoms with Crippen molar-refractivity contribution >= 4 is 44.3 Å². The number of para-hydroxylation sites is 1. The standard InChI is InChI=1S/C16H14ClN3OS/c1-10(11-6-8-12(17)9-7-11)18-15(21)20-16-19-13-4-2-3-5-14(13)22-16/h2-10H,1H3,(H2,18,19,20,21). The van der Waals surface area contributed by atoms with Crippen LogP contribution in [-0.4, -0.2) is 11.0 Å². The number of carbonyl (C=O) groups excluding carboxylic acids is 1. The Morgan fingerprint density at radius 1 is 1.18 bits per heavy atom. The van der Waals surface area contributed by atoms with Crippen LogP contribution in [0.3, 0.4) is 0 Å². The van der Waals surface area contributed by atoms with Gasteiger partial charge < -0.3 is 5.32 Å². The van der Waals surface area contributed by atoms with E-state index in [-0.39, 0.29) is 12.1 Å². The number of benzene rings is 2. The van der Waals surface area contributed by atoms with Gasteiger partial charge in [-0.15, -0.1) is 0 Å². The van der Waals surface area contributed by atoms with Crippen molar-refractivity contribution in [1.82, 2.24) is 10.3 Å². The third-order valence-corrected chi connectivity index (χ3v) is 4.44. The van der Waals surface area contributed by atoms with Gasteiger partial charge in [0.2, 0.25) is 0 Å². The number of hydrogen-bond acceptors (Lipinski definition) is 3. The Bertz CT molecular complexity index is 768. The summed E-state index contributed by atoms with van der Waals surface area (Å²) in [7, 11) is 0. The van der Waals surface area contributed by atoms with Gasteiger partial charge in [-0.25, -0.2) is 9.78 Å². The molecule has 0 spiro atoms. The molecule has 4 nitrogen and oxygen atoms in total. The molecule has 22 heavy (non-hydrogen) atoms. The molecule has 112 valence electrons. The van der Waals surface area contributed by atoms with Gasteiger partial charge in [-0.3, -0.25) is 5.32 Å². The van der Waals surface area contributed by atoms with E-state index in [1.807, 2.05) is 43.3 Å². The van der Waals surface area contributed by atoms with Crippen LogP contribution in [0.25, 0.3) is 10.2 Å². The van der Waals surface area contributed by atoms with E-state index in [0.717, 1.165) is 15.8 Å². The summed E-state index contributed by atoms with van der Waals surface area (Å²) in [6, 6.07) is 14.8. The molecule has 0 aliphatic carbocycles. The fourth-order valence-corrected chi connectivity index (χ4v) is 3.08. The van der Waals surface area contributed by atoms with Crippen LogP contribution >= 0.6 is 22.9 Å². The van der Waals surface area contributed by atoms with Crippen molar-refractivity contribution in [2.24, 2.45) is 0 Å². The Morgan fingerprint density at radius 3 is 2.64 bits per heavy atom. The first-order valence-electron chi connectivity index (χ1n) is 6.80. The molecule has 0 saturated heterocycles. The van der Waals surface area contributed by atoms with Gasteiger partial charge in [0, 0.05) is 5.02 Å². The van der Waals surface area contributed by atoms with Crippen LogP contribution in [0, 0.1) is 0 Å². The number of fused-ring (bicyclic) bond motifs is 1. The monoisotopic (exact) mass is 331 g/mol. The van der Waals surface area contributed by atoms with Gasteiger partial charge in [-0.05, 0) is 36.8 Å². The molecule has 0 bridgehead atoms. The molecule has 2 aromatic carbocycles. The van der Waals surface area contributed by atoms with Crippen molar-refractivity contribution in [3.05, 3.63) is 59.1 Å². The van der Waals surface area contributed by atoms with Crippen LogP contribution < -0.4 is 10.6 Å². The molecular formula is C16H14ClN3OS. The minimum absolute atomic E-state index is 0.119. The molecule has 0 saturated carbocycles. The molecule has 3 rings (SSSR count). The van der Waals surface area contributed by atoms with Crippen LogP contribution in [0.5, 0.6) is 0 Å². The highest BCUT2D eigenvalue weighted by atomic mass is 35.5. The number of aromatic nitrogens is 1. The van der Waals surface area contributed by atoms with Crippen molar-refractivity contribution in [1.29, 1.82) is 0 Å². The lowest BCUT2D eigenvalue weighted by molar-refractivity contribution is 0.249. The first-order chi connectivity index (χ1) is 10.6. The topological polar surface area (TPSA) is 54.0 Å². The van der Waals surface area contributed by atoms with Crippen LogP contribution in [0.2, 0.25) is 5.02 Å². The van der Waals surface area contributed by atoms with Gasteiger partial charge in [0.25, 0.3) is 0 Å². The molecule has 2 amide bonds. The molecule has 2 N–H and O–H groups in total. The van der Waals surface area contributed by atoms with Gasteiger partial charge in [-0.2, -0.15) is 0 Å². The minimum Gasteiger partial charge on any atom is -0.331 e. The number of anilines is 1. The van der Waals surface area contributed by atoms with E-state index in [4.69, 9.17) is 11.6 Å². The second-order valence-corrected chi connectivity index (χ2v) is 6.33. The lowest BCUT2D eigenvalue weighted by Gasteiger charge is -2.14. The molecule has 0 fully saturated rings. The number of hydrogen-bond donors (Lipinski definition) is 2. The number of carbonyl (C=O) groups is 1. The number of nitrogens with zero attached hydrogens (tertiary/aromatic N) is 1. The zero-order chi connectivity index (χ0) is 15.5. The predicted molar refractivity (Wildman–Crippen MR) is 91.6 cm³/mol. The summed E-state index contributed by atoms with van der Waals surface area (Å²) in [5, 5.41) is 6.92. The first-order valence-corrected chi connectivity index (χ1v) is 8.00. The third-order valence-electron chi connectivity index (χ3n) is 3.23. The Kier molecular flexibility index (Phi) is 4.27. The first kappa shape index (κ1) is 14.8. The zero-order valence-electron chi connectivity index (χ0n) is 11.8. The molecule has 1 aromatic heterocycles. The van der Waals surface area contributed by atoms with Crippen LogP contribution in [-0.2, 0) is 0 Å². The van der Waals surface area contributed by atoms with E-state index in [9.17, 15) is 4.79 Å². The number of thiazole rings is 1. The molecule has 1 heterocycles. The lowest BCUT2D eigenvalue weighted by Crippen LogP contribution is -2.31. The smallest absolute Gasteiger partial charge is 0.321 e. The van der Waals surface area contributed by atoms with Gasteiger partial charge in [0.05, 0.1) is 16.3 Å².